The molecule has 0 bridgehead atoms. The molecule has 4 rings (SSSR count). The smallest absolute Gasteiger partial charge is 0.223 e. The molecule has 0 radical (unpaired) electrons. The van der Waals surface area contributed by atoms with Crippen LogP contribution in [0.2, 0.25) is 0 Å². The first-order valence-electron chi connectivity index (χ1n) is 7.73. The molecule has 0 saturated carbocycles. The van der Waals surface area contributed by atoms with E-state index in [9.17, 15) is 0 Å². The van der Waals surface area contributed by atoms with Crippen molar-refractivity contribution in [3.63, 3.8) is 0 Å². The fourth-order valence-electron chi connectivity index (χ4n) is 3.72. The molecule has 2 aromatic heterocycles. The van der Waals surface area contributed by atoms with Gasteiger partial charge in [0.25, 0.3) is 0 Å². The van der Waals surface area contributed by atoms with Crippen molar-refractivity contribution in [3.8, 4) is 0 Å². The molecule has 0 spiro atoms. The quantitative estimate of drug-likeness (QED) is 0.892. The van der Waals surface area contributed by atoms with Crippen molar-refractivity contribution in [2.24, 2.45) is 0 Å². The van der Waals surface area contributed by atoms with Crippen LogP contribution in [-0.2, 0) is 0 Å². The summed E-state index contributed by atoms with van der Waals surface area (Å²) in [6.45, 7) is 4.59. The van der Waals surface area contributed by atoms with Crippen molar-refractivity contribution in [1.82, 2.24) is 14.9 Å². The molecule has 0 aliphatic carbocycles. The fraction of sp³-hybridized carbons (Fsp3) is 0.600. The Kier molecular flexibility index (Phi) is 3.23. The van der Waals surface area contributed by atoms with Gasteiger partial charge in [-0.05, 0) is 45.2 Å². The molecule has 2 unspecified atom stereocenters. The number of thiophene rings is 1. The van der Waals surface area contributed by atoms with E-state index in [1.54, 1.807) is 11.3 Å². The van der Waals surface area contributed by atoms with E-state index in [0.717, 1.165) is 22.1 Å². The molecule has 2 aliphatic rings. The summed E-state index contributed by atoms with van der Waals surface area (Å²) in [6.07, 6.45) is 5.10. The van der Waals surface area contributed by atoms with Crippen LogP contribution in [0.1, 0.15) is 30.6 Å². The number of nitrogen functional groups attached to an aromatic ring is 1. The molecule has 2 saturated heterocycles. The number of hydrogen-bond donors (Lipinski definition) is 2. The minimum atomic E-state index is 0.366. The minimum absolute atomic E-state index is 0.366. The van der Waals surface area contributed by atoms with Gasteiger partial charge in [-0.3, -0.25) is 0 Å². The van der Waals surface area contributed by atoms with Gasteiger partial charge >= 0.3 is 0 Å². The Morgan fingerprint density at radius 1 is 1.33 bits per heavy atom. The van der Waals surface area contributed by atoms with Crippen LogP contribution in [0.5, 0.6) is 0 Å². The zero-order chi connectivity index (χ0) is 14.4. The molecule has 0 aromatic carbocycles. The number of fused-ring (bicyclic) bond motifs is 2. The average Bonchev–Trinajstić information content (AvgIpc) is 3.03. The van der Waals surface area contributed by atoms with E-state index >= 15 is 0 Å². The number of aryl methyl sites for hydroxylation is 1. The van der Waals surface area contributed by atoms with Crippen LogP contribution in [0, 0.1) is 6.92 Å². The van der Waals surface area contributed by atoms with Crippen LogP contribution in [0.4, 0.5) is 11.8 Å². The minimum Gasteiger partial charge on any atom is -0.368 e. The monoisotopic (exact) mass is 303 g/mol. The molecule has 2 atom stereocenters. The van der Waals surface area contributed by atoms with Gasteiger partial charge < -0.3 is 16.0 Å². The number of nitrogens with zero attached hydrogens (tertiary/aromatic N) is 3. The summed E-state index contributed by atoms with van der Waals surface area (Å²) < 4.78 is 0. The van der Waals surface area contributed by atoms with Gasteiger partial charge in [-0.1, -0.05) is 0 Å². The van der Waals surface area contributed by atoms with Crippen molar-refractivity contribution < 1.29 is 0 Å². The third-order valence-electron chi connectivity index (χ3n) is 4.69. The van der Waals surface area contributed by atoms with Crippen LogP contribution in [0.3, 0.4) is 0 Å². The first-order chi connectivity index (χ1) is 10.2. The average molecular weight is 303 g/mol. The second kappa shape index (κ2) is 5.10. The summed E-state index contributed by atoms with van der Waals surface area (Å²) in [6, 6.07) is 3.42. The van der Waals surface area contributed by atoms with Crippen LogP contribution in [0.15, 0.2) is 6.07 Å². The maximum absolute atomic E-state index is 5.86. The Labute approximate surface area is 128 Å². The van der Waals surface area contributed by atoms with Gasteiger partial charge in [0.2, 0.25) is 5.95 Å². The lowest BCUT2D eigenvalue weighted by Gasteiger charge is -2.35. The molecule has 112 valence electrons. The molecule has 0 amide bonds. The first-order valence-corrected chi connectivity index (χ1v) is 8.55. The normalized spacial score (nSPS) is 26.1. The lowest BCUT2D eigenvalue weighted by Crippen LogP contribution is -2.42. The first kappa shape index (κ1) is 13.3. The zero-order valence-corrected chi connectivity index (χ0v) is 13.1. The second-order valence-corrected chi connectivity index (χ2v) is 7.44. The molecule has 3 N–H and O–H groups in total. The predicted octanol–water partition coefficient (Wildman–Crippen LogP) is 2.62. The van der Waals surface area contributed by atoms with E-state index in [2.05, 4.69) is 33.2 Å². The summed E-state index contributed by atoms with van der Waals surface area (Å²) in [5.41, 5.74) is 5.86. The standard InChI is InChI=1S/C15H21N5S/c1-9-7-12-13(18-15(16)19-14(12)21-9)17-10-4-6-20-5-2-3-11(20)8-10/h7,10-11H,2-6,8H2,1H3,(H3,16,17,18,19). The molecule has 2 aromatic rings. The highest BCUT2D eigenvalue weighted by Gasteiger charge is 2.31. The summed E-state index contributed by atoms with van der Waals surface area (Å²) in [5.74, 6) is 1.28. The van der Waals surface area contributed by atoms with E-state index in [0.29, 0.717) is 12.0 Å². The topological polar surface area (TPSA) is 67.1 Å². The van der Waals surface area contributed by atoms with Crippen LogP contribution in [-0.4, -0.2) is 40.0 Å². The Morgan fingerprint density at radius 2 is 2.24 bits per heavy atom. The third-order valence-corrected chi connectivity index (χ3v) is 5.64. The van der Waals surface area contributed by atoms with Crippen molar-refractivity contribution in [2.45, 2.75) is 44.7 Å². The molecular formula is C15H21N5S. The van der Waals surface area contributed by atoms with Gasteiger partial charge in [0, 0.05) is 23.5 Å². The number of nitrogens with one attached hydrogen (secondary N) is 1. The van der Waals surface area contributed by atoms with Crippen LogP contribution < -0.4 is 11.1 Å². The summed E-state index contributed by atoms with van der Waals surface area (Å²) >= 11 is 1.68. The van der Waals surface area contributed by atoms with Gasteiger partial charge in [-0.25, -0.2) is 4.98 Å². The molecule has 6 heteroatoms. The van der Waals surface area contributed by atoms with Crippen molar-refractivity contribution >= 4 is 33.3 Å². The number of piperidine rings is 1. The Hall–Kier alpha value is -1.40. The lowest BCUT2D eigenvalue weighted by molar-refractivity contribution is 0.188. The van der Waals surface area contributed by atoms with Crippen LogP contribution >= 0.6 is 11.3 Å². The largest absolute Gasteiger partial charge is 0.368 e. The molecule has 2 aliphatic heterocycles. The maximum Gasteiger partial charge on any atom is 0.223 e. The summed E-state index contributed by atoms with van der Waals surface area (Å²) in [4.78, 5) is 13.7. The van der Waals surface area contributed by atoms with Gasteiger partial charge in [0.15, 0.2) is 0 Å². The van der Waals surface area contributed by atoms with E-state index in [1.165, 1.54) is 43.6 Å². The van der Waals surface area contributed by atoms with Crippen molar-refractivity contribution in [2.75, 3.05) is 24.1 Å². The van der Waals surface area contributed by atoms with E-state index in [1.807, 2.05) is 0 Å². The van der Waals surface area contributed by atoms with Gasteiger partial charge in [0.05, 0.1) is 5.39 Å². The SMILES string of the molecule is Cc1cc2c(NC3CCN4CCCC4C3)nc(N)nc2s1. The number of aromatic nitrogens is 2. The summed E-state index contributed by atoms with van der Waals surface area (Å²) in [5, 5.41) is 4.75. The number of anilines is 2. The highest BCUT2D eigenvalue weighted by molar-refractivity contribution is 7.18. The van der Waals surface area contributed by atoms with Crippen LogP contribution in [0.25, 0.3) is 10.2 Å². The maximum atomic E-state index is 5.86. The molecule has 21 heavy (non-hydrogen) atoms. The van der Waals surface area contributed by atoms with E-state index in [4.69, 9.17) is 5.73 Å². The Bertz CT molecular complexity index is 667. The third kappa shape index (κ3) is 2.46. The molecule has 2 fully saturated rings. The number of nitrogens with two attached hydrogens (primary N) is 1. The Morgan fingerprint density at radius 3 is 3.14 bits per heavy atom. The molecule has 5 nitrogen and oxygen atoms in total. The summed E-state index contributed by atoms with van der Waals surface area (Å²) in [7, 11) is 0. The highest BCUT2D eigenvalue weighted by Crippen LogP contribution is 2.32. The highest BCUT2D eigenvalue weighted by atomic mass is 32.1. The number of rotatable bonds is 2. The van der Waals surface area contributed by atoms with Gasteiger partial charge in [-0.2, -0.15) is 4.98 Å². The predicted molar refractivity (Wildman–Crippen MR) is 87.8 cm³/mol. The van der Waals surface area contributed by atoms with E-state index in [-0.39, 0.29) is 0 Å². The van der Waals surface area contributed by atoms with E-state index < -0.39 is 0 Å². The van der Waals surface area contributed by atoms with Crippen molar-refractivity contribution in [3.05, 3.63) is 10.9 Å². The van der Waals surface area contributed by atoms with Gasteiger partial charge in [-0.15, -0.1) is 11.3 Å². The molecule has 4 heterocycles. The lowest BCUT2D eigenvalue weighted by atomic mass is 9.97. The number of hydrogen-bond acceptors (Lipinski definition) is 6. The zero-order valence-electron chi connectivity index (χ0n) is 12.3. The Balaban J connectivity index is 1.59. The van der Waals surface area contributed by atoms with Crippen molar-refractivity contribution in [1.29, 1.82) is 0 Å². The fourth-order valence-corrected chi connectivity index (χ4v) is 4.60. The van der Waals surface area contributed by atoms with Gasteiger partial charge in [0.1, 0.15) is 10.6 Å². The molecular weight excluding hydrogens is 282 g/mol. The second-order valence-electron chi connectivity index (χ2n) is 6.20.